The summed E-state index contributed by atoms with van der Waals surface area (Å²) in [6.07, 6.45) is 3.21. The van der Waals surface area contributed by atoms with Gasteiger partial charge in [-0.25, -0.2) is 15.0 Å². The summed E-state index contributed by atoms with van der Waals surface area (Å²) in [7, 11) is 0. The fourth-order valence-electron chi connectivity index (χ4n) is 4.67. The van der Waals surface area contributed by atoms with E-state index in [1.807, 2.05) is 48.5 Å². The van der Waals surface area contributed by atoms with Crippen LogP contribution in [-0.4, -0.2) is 54.8 Å². The molecule has 1 aliphatic rings. The Morgan fingerprint density at radius 2 is 1.59 bits per heavy atom. The van der Waals surface area contributed by atoms with Crippen LogP contribution in [0.5, 0.6) is 0 Å². The fraction of sp³-hybridized carbons (Fsp3) is 0.172. The highest BCUT2D eigenvalue weighted by Crippen LogP contribution is 2.34. The number of hydrogen-bond donors (Lipinski definition) is 3. The van der Waals surface area contributed by atoms with Crippen LogP contribution >= 0.6 is 0 Å². The van der Waals surface area contributed by atoms with E-state index in [0.717, 1.165) is 22.6 Å². The third-order valence-corrected chi connectivity index (χ3v) is 6.62. The van der Waals surface area contributed by atoms with Crippen LogP contribution in [0.15, 0.2) is 103 Å². The van der Waals surface area contributed by atoms with Crippen molar-refractivity contribution in [2.75, 3.05) is 16.9 Å². The maximum absolute atomic E-state index is 10.1. The first-order valence-electron chi connectivity index (χ1n) is 12.6. The van der Waals surface area contributed by atoms with Crippen LogP contribution in [0.3, 0.4) is 0 Å². The standard InChI is InChI=1S/C29H27N7O3/c37-17-25-24(38)15-26(39-25)35-19-32-27-28(30-18-31-29(27)35)34-33-16-20-11-13-23(14-12-20)36(21-7-3-1-4-8-21)22-9-5-2-6-10-22/h1-14,16,18-19,24-26,37-38H,15,17H2,(H,30,31,34)/b33-16+/t24?,25-,26-/m1/s1. The van der Waals surface area contributed by atoms with Gasteiger partial charge in [-0.2, -0.15) is 5.10 Å². The molecule has 3 atom stereocenters. The van der Waals surface area contributed by atoms with E-state index in [1.165, 1.54) is 6.33 Å². The number of aliphatic hydroxyl groups excluding tert-OH is 2. The van der Waals surface area contributed by atoms with Crippen molar-refractivity contribution in [1.29, 1.82) is 0 Å². The molecule has 10 nitrogen and oxygen atoms in total. The Kier molecular flexibility index (Phi) is 6.96. The second-order valence-electron chi connectivity index (χ2n) is 9.13. The van der Waals surface area contributed by atoms with Crippen LogP contribution in [0.2, 0.25) is 0 Å². The fourth-order valence-corrected chi connectivity index (χ4v) is 4.67. The quantitative estimate of drug-likeness (QED) is 0.203. The van der Waals surface area contributed by atoms with Crippen molar-refractivity contribution in [2.45, 2.75) is 24.9 Å². The summed E-state index contributed by atoms with van der Waals surface area (Å²) in [4.78, 5) is 15.2. The normalized spacial score (nSPS) is 19.1. The van der Waals surface area contributed by atoms with Crippen LogP contribution in [0.25, 0.3) is 11.2 Å². The number of para-hydroxylation sites is 2. The molecule has 0 saturated carbocycles. The number of imidazole rings is 1. The molecule has 3 N–H and O–H groups in total. The van der Waals surface area contributed by atoms with E-state index in [2.05, 4.69) is 66.8 Å². The summed E-state index contributed by atoms with van der Waals surface area (Å²) < 4.78 is 7.48. The van der Waals surface area contributed by atoms with E-state index in [0.29, 0.717) is 23.4 Å². The summed E-state index contributed by atoms with van der Waals surface area (Å²) in [5.41, 5.74) is 8.12. The maximum atomic E-state index is 10.1. The van der Waals surface area contributed by atoms with Crippen molar-refractivity contribution in [1.82, 2.24) is 19.5 Å². The van der Waals surface area contributed by atoms with Gasteiger partial charge >= 0.3 is 0 Å². The summed E-state index contributed by atoms with van der Waals surface area (Å²) >= 11 is 0. The minimum Gasteiger partial charge on any atom is -0.394 e. The molecule has 1 saturated heterocycles. The number of nitrogens with one attached hydrogen (secondary N) is 1. The summed E-state index contributed by atoms with van der Waals surface area (Å²) in [6, 6.07) is 28.6. The Labute approximate surface area is 224 Å². The molecule has 0 radical (unpaired) electrons. The third-order valence-electron chi connectivity index (χ3n) is 6.62. The van der Waals surface area contributed by atoms with Crippen molar-refractivity contribution in [3.8, 4) is 0 Å². The average molecular weight is 522 g/mol. The van der Waals surface area contributed by atoms with E-state index in [4.69, 9.17) is 4.74 Å². The molecule has 5 aromatic rings. The SMILES string of the molecule is OC[C@H]1O[C@@H](n2cnc3c(N/N=C/c4ccc(N(c5ccccc5)c5ccccc5)cc4)ncnc32)CC1O. The number of aromatic nitrogens is 4. The second kappa shape index (κ2) is 11.0. The zero-order chi connectivity index (χ0) is 26.6. The molecule has 1 fully saturated rings. The first-order valence-corrected chi connectivity index (χ1v) is 12.6. The van der Waals surface area contributed by atoms with E-state index in [-0.39, 0.29) is 6.61 Å². The molecule has 6 rings (SSSR count). The number of benzene rings is 3. The van der Waals surface area contributed by atoms with Crippen molar-refractivity contribution in [2.24, 2.45) is 5.10 Å². The highest BCUT2D eigenvalue weighted by molar-refractivity contribution is 5.85. The Morgan fingerprint density at radius 3 is 2.23 bits per heavy atom. The minimum absolute atomic E-state index is 0.252. The smallest absolute Gasteiger partial charge is 0.177 e. The summed E-state index contributed by atoms with van der Waals surface area (Å²) in [5, 5.41) is 23.8. The zero-order valence-corrected chi connectivity index (χ0v) is 20.9. The third kappa shape index (κ3) is 5.08. The molecular formula is C29H27N7O3. The number of aliphatic hydroxyl groups is 2. The van der Waals surface area contributed by atoms with Gasteiger partial charge in [0.1, 0.15) is 18.7 Å². The molecule has 1 aliphatic heterocycles. The largest absolute Gasteiger partial charge is 0.394 e. The monoisotopic (exact) mass is 521 g/mol. The number of hydrogen-bond acceptors (Lipinski definition) is 9. The van der Waals surface area contributed by atoms with Gasteiger partial charge in [-0.05, 0) is 42.0 Å². The van der Waals surface area contributed by atoms with Crippen molar-refractivity contribution in [3.05, 3.63) is 103 Å². The maximum Gasteiger partial charge on any atom is 0.177 e. The van der Waals surface area contributed by atoms with Crippen molar-refractivity contribution < 1.29 is 14.9 Å². The highest BCUT2D eigenvalue weighted by atomic mass is 16.5. The first kappa shape index (κ1) is 24.7. The Morgan fingerprint density at radius 1 is 0.923 bits per heavy atom. The van der Waals surface area contributed by atoms with Crippen molar-refractivity contribution >= 4 is 40.3 Å². The second-order valence-corrected chi connectivity index (χ2v) is 9.13. The lowest BCUT2D eigenvalue weighted by molar-refractivity contribution is -0.0432. The molecule has 1 unspecified atom stereocenters. The molecule has 39 heavy (non-hydrogen) atoms. The van der Waals surface area contributed by atoms with Gasteiger partial charge in [0.25, 0.3) is 0 Å². The molecule has 0 bridgehead atoms. The van der Waals surface area contributed by atoms with Crippen LogP contribution in [0.1, 0.15) is 18.2 Å². The van der Waals surface area contributed by atoms with Gasteiger partial charge < -0.3 is 19.8 Å². The number of nitrogens with zero attached hydrogens (tertiary/aromatic N) is 6. The molecular weight excluding hydrogens is 494 g/mol. The van der Waals surface area contributed by atoms with E-state index < -0.39 is 18.4 Å². The van der Waals surface area contributed by atoms with Crippen LogP contribution in [0.4, 0.5) is 22.9 Å². The van der Waals surface area contributed by atoms with Crippen LogP contribution in [0, 0.1) is 0 Å². The van der Waals surface area contributed by atoms with Gasteiger partial charge in [0.15, 0.2) is 17.0 Å². The molecule has 2 aromatic heterocycles. The molecule has 0 amide bonds. The Hall–Kier alpha value is -4.64. The van der Waals surface area contributed by atoms with Crippen LogP contribution < -0.4 is 10.3 Å². The predicted octanol–water partition coefficient (Wildman–Crippen LogP) is 4.38. The van der Waals surface area contributed by atoms with E-state index in [1.54, 1.807) is 17.1 Å². The predicted molar refractivity (Wildman–Crippen MR) is 149 cm³/mol. The van der Waals surface area contributed by atoms with E-state index >= 15 is 0 Å². The Bertz CT molecular complexity index is 1520. The van der Waals surface area contributed by atoms with Gasteiger partial charge in [0.2, 0.25) is 0 Å². The van der Waals surface area contributed by atoms with Gasteiger partial charge in [0.05, 0.1) is 25.3 Å². The van der Waals surface area contributed by atoms with E-state index in [9.17, 15) is 10.2 Å². The molecule has 0 spiro atoms. The molecule has 196 valence electrons. The number of rotatable bonds is 8. The number of fused-ring (bicyclic) bond motifs is 1. The summed E-state index contributed by atoms with van der Waals surface area (Å²) in [6.45, 7) is -0.252. The Balaban J connectivity index is 1.19. The number of hydrazone groups is 1. The topological polar surface area (TPSA) is 121 Å². The highest BCUT2D eigenvalue weighted by Gasteiger charge is 2.35. The van der Waals surface area contributed by atoms with Crippen LogP contribution in [-0.2, 0) is 4.74 Å². The van der Waals surface area contributed by atoms with Gasteiger partial charge in [-0.1, -0.05) is 48.5 Å². The average Bonchev–Trinajstić information content (AvgIpc) is 3.59. The first-order chi connectivity index (χ1) is 19.2. The molecule has 10 heteroatoms. The van der Waals surface area contributed by atoms with Gasteiger partial charge in [-0.3, -0.25) is 9.99 Å². The lowest BCUT2D eigenvalue weighted by atomic mass is 10.1. The van der Waals surface area contributed by atoms with Gasteiger partial charge in [-0.15, -0.1) is 0 Å². The summed E-state index contributed by atoms with van der Waals surface area (Å²) in [5.74, 6) is 0.447. The lowest BCUT2D eigenvalue weighted by Crippen LogP contribution is -2.24. The lowest BCUT2D eigenvalue weighted by Gasteiger charge is -2.25. The van der Waals surface area contributed by atoms with Crippen molar-refractivity contribution in [3.63, 3.8) is 0 Å². The molecule has 3 aromatic carbocycles. The minimum atomic E-state index is -0.750. The van der Waals surface area contributed by atoms with Gasteiger partial charge in [0, 0.05) is 23.5 Å². The zero-order valence-electron chi connectivity index (χ0n) is 20.9. The number of ether oxygens (including phenoxy) is 1. The molecule has 0 aliphatic carbocycles. The molecule has 3 heterocycles. The number of anilines is 4.